The van der Waals surface area contributed by atoms with Gasteiger partial charge in [0.2, 0.25) is 5.91 Å². The van der Waals surface area contributed by atoms with E-state index in [-0.39, 0.29) is 11.9 Å². The van der Waals surface area contributed by atoms with E-state index in [9.17, 15) is 9.59 Å². The van der Waals surface area contributed by atoms with Crippen molar-refractivity contribution in [1.82, 2.24) is 5.32 Å². The SMILES string of the molecule is C[C@@H](NC(=O)[C@@H]1CC[C@H](C(=O)O)O1)C1CCCCCC1. The Labute approximate surface area is 120 Å². The number of carboxylic acids is 1. The molecule has 1 saturated carbocycles. The fourth-order valence-electron chi connectivity index (χ4n) is 3.26. The van der Waals surface area contributed by atoms with Crippen LogP contribution in [-0.2, 0) is 14.3 Å². The maximum atomic E-state index is 12.1. The quantitative estimate of drug-likeness (QED) is 0.775. The van der Waals surface area contributed by atoms with E-state index in [1.807, 2.05) is 0 Å². The number of carbonyl (C=O) groups excluding carboxylic acids is 1. The van der Waals surface area contributed by atoms with E-state index in [2.05, 4.69) is 12.2 Å². The molecule has 1 saturated heterocycles. The second-order valence-electron chi connectivity index (χ2n) is 6.08. The summed E-state index contributed by atoms with van der Waals surface area (Å²) in [4.78, 5) is 22.9. The third-order valence-corrected chi connectivity index (χ3v) is 4.56. The molecule has 0 bridgehead atoms. The summed E-state index contributed by atoms with van der Waals surface area (Å²) in [5, 5.41) is 11.9. The maximum Gasteiger partial charge on any atom is 0.332 e. The van der Waals surface area contributed by atoms with Gasteiger partial charge in [-0.05, 0) is 38.5 Å². The lowest BCUT2D eigenvalue weighted by atomic mass is 9.93. The number of carboxylic acid groups (broad SMARTS) is 1. The second kappa shape index (κ2) is 7.07. The normalized spacial score (nSPS) is 29.6. The predicted octanol–water partition coefficient (Wildman–Crippen LogP) is 2.09. The van der Waals surface area contributed by atoms with Gasteiger partial charge in [-0.25, -0.2) is 4.79 Å². The Morgan fingerprint density at radius 1 is 1.05 bits per heavy atom. The van der Waals surface area contributed by atoms with Crippen LogP contribution < -0.4 is 5.32 Å². The molecule has 0 aromatic carbocycles. The summed E-state index contributed by atoms with van der Waals surface area (Å²) in [5.41, 5.74) is 0. The van der Waals surface area contributed by atoms with E-state index in [4.69, 9.17) is 9.84 Å². The zero-order chi connectivity index (χ0) is 14.5. The molecule has 1 aliphatic carbocycles. The van der Waals surface area contributed by atoms with Crippen molar-refractivity contribution in [1.29, 1.82) is 0 Å². The summed E-state index contributed by atoms with van der Waals surface area (Å²) in [6.45, 7) is 2.05. The van der Waals surface area contributed by atoms with Crippen LogP contribution in [0.3, 0.4) is 0 Å². The first-order chi connectivity index (χ1) is 9.58. The zero-order valence-corrected chi connectivity index (χ0v) is 12.1. The van der Waals surface area contributed by atoms with Gasteiger partial charge in [-0.2, -0.15) is 0 Å². The van der Waals surface area contributed by atoms with Crippen LogP contribution >= 0.6 is 0 Å². The highest BCUT2D eigenvalue weighted by atomic mass is 16.5. The first-order valence-corrected chi connectivity index (χ1v) is 7.76. The molecule has 2 N–H and O–H groups in total. The van der Waals surface area contributed by atoms with Crippen molar-refractivity contribution in [3.63, 3.8) is 0 Å². The minimum atomic E-state index is -0.975. The van der Waals surface area contributed by atoms with E-state index in [1.54, 1.807) is 0 Å². The number of aliphatic carboxylic acids is 1. The molecular formula is C15H25NO4. The van der Waals surface area contributed by atoms with Gasteiger partial charge in [-0.3, -0.25) is 4.79 Å². The smallest absolute Gasteiger partial charge is 0.332 e. The molecule has 114 valence electrons. The first-order valence-electron chi connectivity index (χ1n) is 7.76. The molecule has 0 radical (unpaired) electrons. The van der Waals surface area contributed by atoms with E-state index in [1.165, 1.54) is 38.5 Å². The fraction of sp³-hybridized carbons (Fsp3) is 0.867. The highest BCUT2D eigenvalue weighted by Gasteiger charge is 2.35. The van der Waals surface area contributed by atoms with Crippen LogP contribution in [0.5, 0.6) is 0 Å². The third kappa shape index (κ3) is 3.95. The molecule has 2 rings (SSSR count). The predicted molar refractivity (Wildman–Crippen MR) is 74.3 cm³/mol. The van der Waals surface area contributed by atoms with E-state index in [0.717, 1.165) is 0 Å². The topological polar surface area (TPSA) is 75.6 Å². The summed E-state index contributed by atoms with van der Waals surface area (Å²) in [6, 6.07) is 0.146. The number of carbonyl (C=O) groups is 2. The van der Waals surface area contributed by atoms with E-state index >= 15 is 0 Å². The molecule has 1 aliphatic heterocycles. The zero-order valence-electron chi connectivity index (χ0n) is 12.1. The Balaban J connectivity index is 1.80. The highest BCUT2D eigenvalue weighted by Crippen LogP contribution is 2.26. The fourth-order valence-corrected chi connectivity index (χ4v) is 3.26. The van der Waals surface area contributed by atoms with Crippen molar-refractivity contribution in [3.8, 4) is 0 Å². The summed E-state index contributed by atoms with van der Waals surface area (Å²) in [5.74, 6) is -0.583. The average molecular weight is 283 g/mol. The first kappa shape index (κ1) is 15.3. The molecular weight excluding hydrogens is 258 g/mol. The Hall–Kier alpha value is -1.10. The van der Waals surface area contributed by atoms with Crippen molar-refractivity contribution < 1.29 is 19.4 Å². The summed E-state index contributed by atoms with van der Waals surface area (Å²) in [6.07, 6.45) is 6.92. The minimum Gasteiger partial charge on any atom is -0.479 e. The molecule has 0 aromatic rings. The van der Waals surface area contributed by atoms with Gasteiger partial charge in [0.05, 0.1) is 0 Å². The molecule has 0 spiro atoms. The molecule has 1 heterocycles. The van der Waals surface area contributed by atoms with Gasteiger partial charge < -0.3 is 15.2 Å². The maximum absolute atomic E-state index is 12.1. The van der Waals surface area contributed by atoms with Crippen LogP contribution in [0.1, 0.15) is 58.3 Å². The van der Waals surface area contributed by atoms with Gasteiger partial charge in [0.15, 0.2) is 6.10 Å². The van der Waals surface area contributed by atoms with Gasteiger partial charge in [-0.15, -0.1) is 0 Å². The summed E-state index contributed by atoms with van der Waals surface area (Å²) >= 11 is 0. The van der Waals surface area contributed by atoms with Crippen molar-refractivity contribution in [2.45, 2.75) is 76.5 Å². The monoisotopic (exact) mass is 283 g/mol. The number of hydrogen-bond donors (Lipinski definition) is 2. The van der Waals surface area contributed by atoms with Crippen molar-refractivity contribution in [2.75, 3.05) is 0 Å². The lowest BCUT2D eigenvalue weighted by molar-refractivity contribution is -0.152. The van der Waals surface area contributed by atoms with Crippen molar-refractivity contribution in [3.05, 3.63) is 0 Å². The Morgan fingerprint density at radius 3 is 2.20 bits per heavy atom. The number of ether oxygens (including phenoxy) is 1. The van der Waals surface area contributed by atoms with Gasteiger partial charge in [0, 0.05) is 6.04 Å². The van der Waals surface area contributed by atoms with Gasteiger partial charge in [0.1, 0.15) is 6.10 Å². The van der Waals surface area contributed by atoms with Gasteiger partial charge in [0.25, 0.3) is 0 Å². The molecule has 5 nitrogen and oxygen atoms in total. The van der Waals surface area contributed by atoms with Crippen LogP contribution in [0.15, 0.2) is 0 Å². The molecule has 3 atom stereocenters. The Bertz CT molecular complexity index is 350. The van der Waals surface area contributed by atoms with Crippen LogP contribution in [0.2, 0.25) is 0 Å². The summed E-state index contributed by atoms with van der Waals surface area (Å²) in [7, 11) is 0. The molecule has 0 aromatic heterocycles. The Kier molecular flexibility index (Phi) is 5.40. The van der Waals surface area contributed by atoms with E-state index < -0.39 is 18.2 Å². The highest BCUT2D eigenvalue weighted by molar-refractivity contribution is 5.82. The number of hydrogen-bond acceptors (Lipinski definition) is 3. The third-order valence-electron chi connectivity index (χ3n) is 4.56. The number of rotatable bonds is 4. The van der Waals surface area contributed by atoms with Gasteiger partial charge >= 0.3 is 5.97 Å². The van der Waals surface area contributed by atoms with E-state index in [0.29, 0.717) is 18.8 Å². The number of amides is 1. The van der Waals surface area contributed by atoms with Crippen LogP contribution in [0.4, 0.5) is 0 Å². The lowest BCUT2D eigenvalue weighted by Crippen LogP contribution is -2.43. The lowest BCUT2D eigenvalue weighted by Gasteiger charge is -2.25. The molecule has 0 unspecified atom stereocenters. The minimum absolute atomic E-state index is 0.146. The summed E-state index contributed by atoms with van der Waals surface area (Å²) < 4.78 is 5.29. The largest absolute Gasteiger partial charge is 0.479 e. The standard InChI is InChI=1S/C15H25NO4/c1-10(11-6-4-2-3-5-7-11)16-14(17)12-8-9-13(20-12)15(18)19/h10-13H,2-9H2,1H3,(H,16,17)(H,18,19)/t10-,12+,13-/m1/s1. The average Bonchev–Trinajstić information content (AvgIpc) is 2.75. The van der Waals surface area contributed by atoms with Crippen molar-refractivity contribution in [2.24, 2.45) is 5.92 Å². The molecule has 2 fully saturated rings. The molecule has 20 heavy (non-hydrogen) atoms. The molecule has 2 aliphatic rings. The molecule has 5 heteroatoms. The van der Waals surface area contributed by atoms with Crippen LogP contribution in [0.25, 0.3) is 0 Å². The van der Waals surface area contributed by atoms with Crippen molar-refractivity contribution >= 4 is 11.9 Å². The van der Waals surface area contributed by atoms with Gasteiger partial charge in [-0.1, -0.05) is 25.7 Å². The number of nitrogens with one attached hydrogen (secondary N) is 1. The Morgan fingerprint density at radius 2 is 1.65 bits per heavy atom. The molecule has 1 amide bonds. The second-order valence-corrected chi connectivity index (χ2v) is 6.08. The van der Waals surface area contributed by atoms with Crippen LogP contribution in [-0.4, -0.2) is 35.2 Å². The van der Waals surface area contributed by atoms with Crippen LogP contribution in [0, 0.1) is 5.92 Å².